The molecule has 0 bridgehead atoms. The quantitative estimate of drug-likeness (QED) is 0.342. The first-order valence-electron chi connectivity index (χ1n) is 7.87. The highest BCUT2D eigenvalue weighted by molar-refractivity contribution is 9.09. The van der Waals surface area contributed by atoms with Crippen LogP contribution in [0, 0.1) is 0 Å². The van der Waals surface area contributed by atoms with E-state index in [1.807, 2.05) is 0 Å². The Balaban J connectivity index is 3.09. The Kier molecular flexibility index (Phi) is 17.6. The van der Waals surface area contributed by atoms with Crippen molar-refractivity contribution in [1.29, 1.82) is 0 Å². The summed E-state index contributed by atoms with van der Waals surface area (Å²) in [6.07, 6.45) is 4.63. The van der Waals surface area contributed by atoms with Gasteiger partial charge in [-0.2, -0.15) is 0 Å². The van der Waals surface area contributed by atoms with Gasteiger partial charge < -0.3 is 19.5 Å². The number of alkyl halides is 1. The van der Waals surface area contributed by atoms with Crippen molar-refractivity contribution in [1.82, 2.24) is 5.32 Å². The second kappa shape index (κ2) is 17.4. The van der Waals surface area contributed by atoms with Crippen molar-refractivity contribution in [3.05, 3.63) is 0 Å². The molecule has 0 aliphatic carbocycles. The molecule has 0 aromatic rings. The first-order chi connectivity index (χ1) is 9.85. The van der Waals surface area contributed by atoms with Gasteiger partial charge in [0.05, 0.1) is 33.0 Å². The molecular weight excluding hydrogens is 322 g/mol. The maximum Gasteiger partial charge on any atom is 0.0701 e. The average Bonchev–Trinajstić information content (AvgIpc) is 2.47. The van der Waals surface area contributed by atoms with Crippen LogP contribution in [0.15, 0.2) is 0 Å². The van der Waals surface area contributed by atoms with Gasteiger partial charge in [-0.05, 0) is 19.3 Å². The molecule has 0 fully saturated rings. The number of unbranched alkanes of at least 4 members (excludes halogenated alkanes) is 1. The van der Waals surface area contributed by atoms with Crippen LogP contribution in [0.5, 0.6) is 0 Å². The molecule has 0 radical (unpaired) electrons. The molecule has 0 aromatic heterocycles. The van der Waals surface area contributed by atoms with E-state index in [-0.39, 0.29) is 0 Å². The number of nitrogens with one attached hydrogen (secondary N) is 1. The van der Waals surface area contributed by atoms with Gasteiger partial charge in [0, 0.05) is 24.5 Å². The van der Waals surface area contributed by atoms with Gasteiger partial charge in [-0.3, -0.25) is 0 Å². The lowest BCUT2D eigenvalue weighted by atomic mass is 10.2. The van der Waals surface area contributed by atoms with Crippen molar-refractivity contribution in [2.24, 2.45) is 0 Å². The van der Waals surface area contributed by atoms with E-state index in [0.29, 0.717) is 32.5 Å². The zero-order valence-corrected chi connectivity index (χ0v) is 14.8. The Morgan fingerprint density at radius 2 is 1.50 bits per heavy atom. The van der Waals surface area contributed by atoms with Crippen molar-refractivity contribution >= 4 is 15.9 Å². The van der Waals surface area contributed by atoms with Crippen LogP contribution in [0.4, 0.5) is 0 Å². The minimum absolute atomic E-state index is 0.592. The largest absolute Gasteiger partial charge is 0.379 e. The van der Waals surface area contributed by atoms with Crippen LogP contribution >= 0.6 is 15.9 Å². The maximum atomic E-state index is 5.51. The molecule has 122 valence electrons. The number of halogens is 1. The van der Waals surface area contributed by atoms with E-state index in [9.17, 15) is 0 Å². The summed E-state index contributed by atoms with van der Waals surface area (Å²) in [6.45, 7) is 9.52. The summed E-state index contributed by atoms with van der Waals surface area (Å²) in [7, 11) is 0. The van der Waals surface area contributed by atoms with E-state index in [2.05, 4.69) is 35.1 Å². The molecule has 1 unspecified atom stereocenters. The van der Waals surface area contributed by atoms with Crippen LogP contribution in [-0.2, 0) is 14.2 Å². The van der Waals surface area contributed by atoms with Gasteiger partial charge in [0.25, 0.3) is 0 Å². The highest BCUT2D eigenvalue weighted by Crippen LogP contribution is 1.99. The van der Waals surface area contributed by atoms with Gasteiger partial charge in [0.2, 0.25) is 0 Å². The summed E-state index contributed by atoms with van der Waals surface area (Å²) < 4.78 is 16.3. The van der Waals surface area contributed by atoms with Gasteiger partial charge in [-0.25, -0.2) is 0 Å². The third-order valence-electron chi connectivity index (χ3n) is 3.02. The summed E-state index contributed by atoms with van der Waals surface area (Å²) in [5.41, 5.74) is 0. The Morgan fingerprint density at radius 3 is 2.05 bits per heavy atom. The molecule has 0 aliphatic heterocycles. The SMILES string of the molecule is CCCCOCCOCCOCCNC(CC)CCBr. The average molecular weight is 354 g/mol. The molecule has 0 aromatic carbocycles. The van der Waals surface area contributed by atoms with E-state index in [0.717, 1.165) is 44.4 Å². The van der Waals surface area contributed by atoms with Crippen LogP contribution < -0.4 is 5.32 Å². The molecule has 0 saturated carbocycles. The monoisotopic (exact) mass is 353 g/mol. The third-order valence-corrected chi connectivity index (χ3v) is 3.47. The van der Waals surface area contributed by atoms with E-state index >= 15 is 0 Å². The number of hydrogen-bond acceptors (Lipinski definition) is 4. The van der Waals surface area contributed by atoms with Crippen LogP contribution in [0.2, 0.25) is 0 Å². The van der Waals surface area contributed by atoms with Gasteiger partial charge in [0.1, 0.15) is 0 Å². The minimum Gasteiger partial charge on any atom is -0.379 e. The molecule has 0 spiro atoms. The lowest BCUT2D eigenvalue weighted by molar-refractivity contribution is 0.0144. The van der Waals surface area contributed by atoms with Crippen LogP contribution in [-0.4, -0.2) is 57.6 Å². The van der Waals surface area contributed by atoms with Crippen molar-refractivity contribution in [3.8, 4) is 0 Å². The van der Waals surface area contributed by atoms with Crippen LogP contribution in [0.3, 0.4) is 0 Å². The minimum atomic E-state index is 0.592. The lowest BCUT2D eigenvalue weighted by Crippen LogP contribution is -2.32. The second-order valence-electron chi connectivity index (χ2n) is 4.73. The number of hydrogen-bond donors (Lipinski definition) is 1. The zero-order valence-electron chi connectivity index (χ0n) is 13.2. The summed E-state index contributed by atoms with van der Waals surface area (Å²) in [6, 6.07) is 0.592. The molecule has 1 atom stereocenters. The van der Waals surface area contributed by atoms with E-state index < -0.39 is 0 Å². The Hall–Kier alpha value is 0.320. The molecule has 0 saturated heterocycles. The fraction of sp³-hybridized carbons (Fsp3) is 1.00. The second-order valence-corrected chi connectivity index (χ2v) is 5.52. The van der Waals surface area contributed by atoms with Crippen LogP contribution in [0.25, 0.3) is 0 Å². The lowest BCUT2D eigenvalue weighted by Gasteiger charge is -2.15. The molecule has 1 N–H and O–H groups in total. The van der Waals surface area contributed by atoms with Crippen molar-refractivity contribution in [3.63, 3.8) is 0 Å². The Labute approximate surface area is 133 Å². The molecule has 0 aliphatic rings. The smallest absolute Gasteiger partial charge is 0.0701 e. The summed E-state index contributed by atoms with van der Waals surface area (Å²) in [5.74, 6) is 0. The zero-order chi connectivity index (χ0) is 14.9. The molecule has 20 heavy (non-hydrogen) atoms. The third kappa shape index (κ3) is 14.7. The standard InChI is InChI=1S/C15H32BrNO3/c1-3-5-9-18-11-13-20-14-12-19-10-8-17-15(4-2)6-7-16/h15,17H,3-14H2,1-2H3. The topological polar surface area (TPSA) is 39.7 Å². The highest BCUT2D eigenvalue weighted by atomic mass is 79.9. The molecular formula is C15H32BrNO3. The molecule has 4 nitrogen and oxygen atoms in total. The van der Waals surface area contributed by atoms with Gasteiger partial charge in [-0.15, -0.1) is 0 Å². The van der Waals surface area contributed by atoms with Crippen molar-refractivity contribution < 1.29 is 14.2 Å². The first-order valence-corrected chi connectivity index (χ1v) is 8.99. The molecule has 5 heteroatoms. The summed E-state index contributed by atoms with van der Waals surface area (Å²) in [4.78, 5) is 0. The Morgan fingerprint density at radius 1 is 0.900 bits per heavy atom. The highest BCUT2D eigenvalue weighted by Gasteiger charge is 2.03. The molecule has 0 amide bonds. The predicted molar refractivity (Wildman–Crippen MR) is 87.9 cm³/mol. The first kappa shape index (κ1) is 20.3. The predicted octanol–water partition coefficient (Wildman–Crippen LogP) is 2.99. The normalized spacial score (nSPS) is 12.8. The van der Waals surface area contributed by atoms with E-state index in [1.54, 1.807) is 0 Å². The maximum absolute atomic E-state index is 5.51. The van der Waals surface area contributed by atoms with Crippen molar-refractivity contribution in [2.45, 2.75) is 45.6 Å². The Bertz CT molecular complexity index is 185. The van der Waals surface area contributed by atoms with Crippen LogP contribution in [0.1, 0.15) is 39.5 Å². The van der Waals surface area contributed by atoms with Gasteiger partial charge >= 0.3 is 0 Å². The molecule has 0 rings (SSSR count). The number of rotatable bonds is 16. The number of ether oxygens (including phenoxy) is 3. The fourth-order valence-corrected chi connectivity index (χ4v) is 2.26. The fourth-order valence-electron chi connectivity index (χ4n) is 1.71. The summed E-state index contributed by atoms with van der Waals surface area (Å²) in [5, 5.41) is 4.53. The van der Waals surface area contributed by atoms with Gasteiger partial charge in [0.15, 0.2) is 0 Å². The van der Waals surface area contributed by atoms with Gasteiger partial charge in [-0.1, -0.05) is 36.2 Å². The summed E-state index contributed by atoms with van der Waals surface area (Å²) >= 11 is 3.47. The van der Waals surface area contributed by atoms with Crippen molar-refractivity contribution in [2.75, 3.05) is 51.5 Å². The van der Waals surface area contributed by atoms with E-state index in [1.165, 1.54) is 6.42 Å². The van der Waals surface area contributed by atoms with E-state index in [4.69, 9.17) is 14.2 Å². The molecule has 0 heterocycles.